The van der Waals surface area contributed by atoms with Gasteiger partial charge >= 0.3 is 0 Å². The third-order valence-electron chi connectivity index (χ3n) is 2.29. The van der Waals surface area contributed by atoms with Gasteiger partial charge in [-0.2, -0.15) is 0 Å². The molecule has 7 heteroatoms. The molecule has 90 valence electrons. The summed E-state index contributed by atoms with van der Waals surface area (Å²) < 4.78 is 22.7. The van der Waals surface area contributed by atoms with Gasteiger partial charge in [0.2, 0.25) is 5.56 Å². The molecule has 0 aliphatic carbocycles. The Morgan fingerprint density at radius 3 is 2.53 bits per heavy atom. The van der Waals surface area contributed by atoms with Crippen molar-refractivity contribution in [2.45, 2.75) is 10.8 Å². The largest absolute Gasteiger partial charge is 0.322 e. The Hall–Kier alpha value is -1.04. The van der Waals surface area contributed by atoms with Crippen molar-refractivity contribution in [3.63, 3.8) is 0 Å². The molecule has 0 unspecified atom stereocenters. The second kappa shape index (κ2) is 4.33. The van der Waals surface area contributed by atoms with E-state index in [2.05, 4.69) is 4.98 Å². The summed E-state index contributed by atoms with van der Waals surface area (Å²) in [5, 5.41) is 0.369. The fourth-order valence-electron chi connectivity index (χ4n) is 1.56. The molecule has 0 aliphatic rings. The standard InChI is InChI=1S/C10H7Cl2NO3S/c11-5-6-1-2-7-8(3-6)13-10(14)4-9(7)17(12,15)16/h1-4H,5H2,(H,13,14). The SMILES string of the molecule is O=c1cc(S(=O)(=O)Cl)c2ccc(CCl)cc2[nH]1. The second-order valence-electron chi connectivity index (χ2n) is 3.45. The van der Waals surface area contributed by atoms with E-state index in [-0.39, 0.29) is 10.8 Å². The Morgan fingerprint density at radius 1 is 1.24 bits per heavy atom. The summed E-state index contributed by atoms with van der Waals surface area (Å²) in [7, 11) is 1.32. The van der Waals surface area contributed by atoms with Crippen LogP contribution >= 0.6 is 22.3 Å². The minimum Gasteiger partial charge on any atom is -0.322 e. The predicted molar refractivity (Wildman–Crippen MR) is 67.2 cm³/mol. The van der Waals surface area contributed by atoms with Gasteiger partial charge in [0, 0.05) is 33.5 Å². The molecule has 2 aromatic rings. The fraction of sp³-hybridized carbons (Fsp3) is 0.100. The van der Waals surface area contributed by atoms with E-state index >= 15 is 0 Å². The molecule has 0 aliphatic heterocycles. The molecule has 2 rings (SSSR count). The number of nitrogens with one attached hydrogen (secondary N) is 1. The first-order chi connectivity index (χ1) is 7.91. The maximum Gasteiger partial charge on any atom is 0.262 e. The molecule has 17 heavy (non-hydrogen) atoms. The van der Waals surface area contributed by atoms with Crippen LogP contribution in [-0.4, -0.2) is 13.4 Å². The Kier molecular flexibility index (Phi) is 3.16. The fourth-order valence-corrected chi connectivity index (χ4v) is 2.80. The number of pyridine rings is 1. The van der Waals surface area contributed by atoms with Crippen LogP contribution in [0.4, 0.5) is 0 Å². The van der Waals surface area contributed by atoms with Crippen LogP contribution in [0.1, 0.15) is 5.56 Å². The van der Waals surface area contributed by atoms with Crippen LogP contribution < -0.4 is 5.56 Å². The lowest BCUT2D eigenvalue weighted by Crippen LogP contribution is -2.08. The Balaban J connectivity index is 2.91. The molecule has 0 radical (unpaired) electrons. The van der Waals surface area contributed by atoms with Crippen LogP contribution in [0.3, 0.4) is 0 Å². The summed E-state index contributed by atoms with van der Waals surface area (Å²) in [5.74, 6) is 0.274. The summed E-state index contributed by atoms with van der Waals surface area (Å²) in [6.07, 6.45) is 0. The molecule has 0 bridgehead atoms. The zero-order valence-corrected chi connectivity index (χ0v) is 10.7. The van der Waals surface area contributed by atoms with E-state index in [9.17, 15) is 13.2 Å². The lowest BCUT2D eigenvalue weighted by molar-refractivity contribution is 0.610. The van der Waals surface area contributed by atoms with Gasteiger partial charge in [0.15, 0.2) is 0 Å². The Morgan fingerprint density at radius 2 is 1.94 bits per heavy atom. The van der Waals surface area contributed by atoms with Crippen molar-refractivity contribution < 1.29 is 8.42 Å². The lowest BCUT2D eigenvalue weighted by Gasteiger charge is -2.04. The van der Waals surface area contributed by atoms with E-state index in [0.717, 1.165) is 11.6 Å². The number of halogens is 2. The molecule has 1 aromatic carbocycles. The van der Waals surface area contributed by atoms with Crippen molar-refractivity contribution in [3.8, 4) is 0 Å². The van der Waals surface area contributed by atoms with Gasteiger partial charge in [-0.25, -0.2) is 8.42 Å². The maximum absolute atomic E-state index is 11.3. The number of rotatable bonds is 2. The van der Waals surface area contributed by atoms with Crippen LogP contribution in [0.15, 0.2) is 34.0 Å². The first kappa shape index (κ1) is 12.4. The molecule has 1 heterocycles. The number of alkyl halides is 1. The molecular weight excluding hydrogens is 285 g/mol. The first-order valence-corrected chi connectivity index (χ1v) is 7.43. The molecule has 0 saturated carbocycles. The highest BCUT2D eigenvalue weighted by Crippen LogP contribution is 2.24. The normalized spacial score (nSPS) is 11.9. The monoisotopic (exact) mass is 291 g/mol. The predicted octanol–water partition coefficient (Wildman–Crippen LogP) is 2.19. The van der Waals surface area contributed by atoms with Crippen molar-refractivity contribution >= 4 is 42.2 Å². The van der Waals surface area contributed by atoms with Crippen LogP contribution in [0.5, 0.6) is 0 Å². The third-order valence-corrected chi connectivity index (χ3v) is 3.96. The quantitative estimate of drug-likeness (QED) is 0.681. The molecule has 4 nitrogen and oxygen atoms in total. The number of H-pyrrole nitrogens is 1. The van der Waals surface area contributed by atoms with Gasteiger partial charge in [-0.1, -0.05) is 12.1 Å². The average molecular weight is 292 g/mol. The molecule has 0 atom stereocenters. The molecule has 0 spiro atoms. The summed E-state index contributed by atoms with van der Waals surface area (Å²) in [6.45, 7) is 0. The van der Waals surface area contributed by atoms with Crippen molar-refractivity contribution in [1.82, 2.24) is 4.98 Å². The topological polar surface area (TPSA) is 67.0 Å². The van der Waals surface area contributed by atoms with E-state index in [4.69, 9.17) is 22.3 Å². The van der Waals surface area contributed by atoms with E-state index < -0.39 is 14.6 Å². The molecule has 0 saturated heterocycles. The van der Waals surface area contributed by atoms with Gasteiger partial charge in [-0.15, -0.1) is 11.6 Å². The maximum atomic E-state index is 11.3. The number of benzene rings is 1. The number of fused-ring (bicyclic) bond motifs is 1. The Labute approximate surface area is 107 Å². The van der Waals surface area contributed by atoms with Gasteiger partial charge in [0.05, 0.1) is 4.90 Å². The van der Waals surface area contributed by atoms with Crippen LogP contribution in [0.25, 0.3) is 10.9 Å². The van der Waals surface area contributed by atoms with Crippen LogP contribution in [0.2, 0.25) is 0 Å². The third kappa shape index (κ3) is 2.46. The molecule has 0 amide bonds. The molecule has 1 N–H and O–H groups in total. The van der Waals surface area contributed by atoms with Crippen molar-refractivity contribution in [3.05, 3.63) is 40.2 Å². The Bertz CT molecular complexity index is 737. The van der Waals surface area contributed by atoms with E-state index in [1.807, 2.05) is 0 Å². The van der Waals surface area contributed by atoms with Gasteiger partial charge in [-0.05, 0) is 11.6 Å². The van der Waals surface area contributed by atoms with Gasteiger partial charge in [0.25, 0.3) is 9.05 Å². The van der Waals surface area contributed by atoms with Crippen molar-refractivity contribution in [2.75, 3.05) is 0 Å². The first-order valence-electron chi connectivity index (χ1n) is 4.58. The van der Waals surface area contributed by atoms with E-state index in [1.54, 1.807) is 18.2 Å². The summed E-state index contributed by atoms with van der Waals surface area (Å²) in [5.41, 5.74) is 0.650. The van der Waals surface area contributed by atoms with E-state index in [0.29, 0.717) is 10.9 Å². The number of hydrogen-bond acceptors (Lipinski definition) is 3. The highest BCUT2D eigenvalue weighted by atomic mass is 35.7. The van der Waals surface area contributed by atoms with E-state index in [1.165, 1.54) is 0 Å². The summed E-state index contributed by atoms with van der Waals surface area (Å²) >= 11 is 5.66. The minimum absolute atomic E-state index is 0.195. The minimum atomic E-state index is -3.95. The zero-order chi connectivity index (χ0) is 12.6. The van der Waals surface area contributed by atoms with Gasteiger partial charge in [-0.3, -0.25) is 4.79 Å². The highest BCUT2D eigenvalue weighted by Gasteiger charge is 2.15. The summed E-state index contributed by atoms with van der Waals surface area (Å²) in [6, 6.07) is 5.83. The van der Waals surface area contributed by atoms with Gasteiger partial charge < -0.3 is 4.98 Å². The number of aromatic nitrogens is 1. The average Bonchev–Trinajstić information content (AvgIpc) is 2.25. The zero-order valence-electron chi connectivity index (χ0n) is 8.41. The van der Waals surface area contributed by atoms with Crippen molar-refractivity contribution in [1.29, 1.82) is 0 Å². The smallest absolute Gasteiger partial charge is 0.262 e. The highest BCUT2D eigenvalue weighted by molar-refractivity contribution is 8.14. The van der Waals surface area contributed by atoms with Gasteiger partial charge in [0.1, 0.15) is 0 Å². The number of aromatic amines is 1. The summed E-state index contributed by atoms with van der Waals surface area (Å²) in [4.78, 5) is 13.7. The second-order valence-corrected chi connectivity index (χ2v) is 6.25. The molecular formula is C10H7Cl2NO3S. The number of hydrogen-bond donors (Lipinski definition) is 1. The van der Waals surface area contributed by atoms with Crippen LogP contribution in [-0.2, 0) is 14.9 Å². The lowest BCUT2D eigenvalue weighted by atomic mass is 10.1. The molecule has 0 fully saturated rings. The molecule has 1 aromatic heterocycles. The van der Waals surface area contributed by atoms with Crippen molar-refractivity contribution in [2.24, 2.45) is 0 Å². The van der Waals surface area contributed by atoms with Crippen LogP contribution in [0, 0.1) is 0 Å².